The maximum atomic E-state index is 14.9. The molecule has 1 saturated carbocycles. The van der Waals surface area contributed by atoms with E-state index in [1.54, 1.807) is 6.92 Å². The Hall–Kier alpha value is -1.55. The normalized spacial score (nSPS) is 31.7. The van der Waals surface area contributed by atoms with E-state index in [2.05, 4.69) is 0 Å². The van der Waals surface area contributed by atoms with E-state index >= 15 is 0 Å². The van der Waals surface area contributed by atoms with Gasteiger partial charge in [0.15, 0.2) is 5.79 Å². The van der Waals surface area contributed by atoms with E-state index in [0.717, 1.165) is 31.9 Å². The van der Waals surface area contributed by atoms with Crippen LogP contribution >= 0.6 is 0 Å². The van der Waals surface area contributed by atoms with Crippen LogP contribution in [-0.2, 0) is 9.47 Å². The summed E-state index contributed by atoms with van der Waals surface area (Å²) >= 11 is 0. The molecule has 0 aromatic carbocycles. The van der Waals surface area contributed by atoms with Gasteiger partial charge in [-0.25, -0.2) is 9.18 Å². The van der Waals surface area contributed by atoms with E-state index in [0.29, 0.717) is 16.9 Å². The number of aromatic nitrogens is 2. The van der Waals surface area contributed by atoms with Crippen molar-refractivity contribution in [3.8, 4) is 0 Å². The quantitative estimate of drug-likeness (QED) is 0.688. The van der Waals surface area contributed by atoms with Crippen molar-refractivity contribution in [1.82, 2.24) is 9.55 Å². The molecule has 1 aliphatic heterocycles. The predicted octanol–water partition coefficient (Wildman–Crippen LogP) is 0.747. The average molecular weight is 386 g/mol. The average Bonchev–Trinajstić information content (AvgIpc) is 3.12. The zero-order valence-electron chi connectivity index (χ0n) is 15.6. The van der Waals surface area contributed by atoms with E-state index in [4.69, 9.17) is 9.47 Å². The van der Waals surface area contributed by atoms with Gasteiger partial charge in [-0.05, 0) is 19.8 Å². The Bertz CT molecular complexity index is 774. The molecule has 9 heteroatoms. The minimum Gasteiger partial charge on any atom is -0.388 e. The summed E-state index contributed by atoms with van der Waals surface area (Å²) < 4.78 is 26.9. The third-order valence-electron chi connectivity index (χ3n) is 5.49. The summed E-state index contributed by atoms with van der Waals surface area (Å²) in [5, 5.41) is 20.7. The first kappa shape index (κ1) is 20.2. The van der Waals surface area contributed by atoms with Crippen molar-refractivity contribution in [2.24, 2.45) is 5.92 Å². The Morgan fingerprint density at radius 1 is 1.41 bits per heavy atom. The van der Waals surface area contributed by atoms with Crippen molar-refractivity contribution in [2.45, 2.75) is 76.3 Å². The number of hydrogen-bond donors (Lipinski definition) is 3. The van der Waals surface area contributed by atoms with Crippen LogP contribution in [0.1, 0.15) is 50.9 Å². The molecule has 0 spiro atoms. The van der Waals surface area contributed by atoms with Gasteiger partial charge in [-0.3, -0.25) is 14.3 Å². The van der Waals surface area contributed by atoms with Crippen molar-refractivity contribution < 1.29 is 24.1 Å². The lowest BCUT2D eigenvalue weighted by Crippen LogP contribution is -2.56. The van der Waals surface area contributed by atoms with Gasteiger partial charge in [-0.2, -0.15) is 0 Å². The lowest BCUT2D eigenvalue weighted by Gasteiger charge is -2.44. The largest absolute Gasteiger partial charge is 0.388 e. The number of aryl methyl sites for hydroxylation is 1. The Morgan fingerprint density at radius 2 is 2.07 bits per heavy atom. The molecule has 2 heterocycles. The molecule has 0 radical (unpaired) electrons. The highest BCUT2D eigenvalue weighted by Crippen LogP contribution is 2.38. The van der Waals surface area contributed by atoms with Gasteiger partial charge in [0.05, 0.1) is 6.61 Å². The maximum Gasteiger partial charge on any atom is 0.330 e. The Balaban J connectivity index is 1.77. The van der Waals surface area contributed by atoms with Gasteiger partial charge < -0.3 is 19.7 Å². The van der Waals surface area contributed by atoms with Gasteiger partial charge >= 0.3 is 5.69 Å². The highest BCUT2D eigenvalue weighted by molar-refractivity contribution is 5.02. The molecule has 8 nitrogen and oxygen atoms in total. The van der Waals surface area contributed by atoms with Gasteiger partial charge in [0.1, 0.15) is 18.3 Å². The Labute approximate surface area is 155 Å². The number of aliphatic hydroxyl groups is 2. The number of nitrogens with zero attached hydrogens (tertiary/aromatic N) is 1. The Morgan fingerprint density at radius 3 is 2.74 bits per heavy atom. The van der Waals surface area contributed by atoms with E-state index in [1.165, 1.54) is 6.92 Å². The number of ether oxygens (including phenoxy) is 2. The molecule has 152 valence electrons. The van der Waals surface area contributed by atoms with E-state index in [9.17, 15) is 24.2 Å². The number of aromatic amines is 1. The smallest absolute Gasteiger partial charge is 0.330 e. The molecule has 1 saturated heterocycles. The summed E-state index contributed by atoms with van der Waals surface area (Å²) in [5.41, 5.74) is -1.47. The predicted molar refractivity (Wildman–Crippen MR) is 94.0 cm³/mol. The van der Waals surface area contributed by atoms with E-state index in [-0.39, 0.29) is 12.2 Å². The second-order valence-corrected chi connectivity index (χ2v) is 7.79. The molecule has 1 aliphatic carbocycles. The zero-order chi connectivity index (χ0) is 19.8. The fourth-order valence-corrected chi connectivity index (χ4v) is 3.99. The van der Waals surface area contributed by atoms with Gasteiger partial charge in [0.2, 0.25) is 6.30 Å². The summed E-state index contributed by atoms with van der Waals surface area (Å²) in [7, 11) is 0. The lowest BCUT2D eigenvalue weighted by atomic mass is 9.96. The SMILES string of the molecule is Cc1cn([C@H](F)C(O)[C@@H]2O[C@@](C)(CC3CCCC3)OCC2O)c(=O)[nH]c1=O. The van der Waals surface area contributed by atoms with Crippen molar-refractivity contribution in [1.29, 1.82) is 0 Å². The minimum atomic E-state index is -2.19. The summed E-state index contributed by atoms with van der Waals surface area (Å²) in [6, 6.07) is 0. The topological polar surface area (TPSA) is 114 Å². The van der Waals surface area contributed by atoms with Crippen LogP contribution in [0.3, 0.4) is 0 Å². The number of hydrogen-bond acceptors (Lipinski definition) is 6. The number of rotatable bonds is 5. The number of halogens is 1. The molecule has 5 atom stereocenters. The molecule has 1 aromatic heterocycles. The first-order valence-electron chi connectivity index (χ1n) is 9.34. The minimum absolute atomic E-state index is 0.1000. The van der Waals surface area contributed by atoms with Crippen molar-refractivity contribution in [2.75, 3.05) is 6.61 Å². The van der Waals surface area contributed by atoms with Crippen LogP contribution in [0.4, 0.5) is 4.39 Å². The van der Waals surface area contributed by atoms with Crippen molar-refractivity contribution >= 4 is 0 Å². The first-order valence-corrected chi connectivity index (χ1v) is 9.34. The highest BCUT2D eigenvalue weighted by Gasteiger charge is 2.46. The molecule has 27 heavy (non-hydrogen) atoms. The second-order valence-electron chi connectivity index (χ2n) is 7.79. The Kier molecular flexibility index (Phi) is 5.85. The molecule has 2 aliphatic rings. The summed E-state index contributed by atoms with van der Waals surface area (Å²) in [4.78, 5) is 25.3. The lowest BCUT2D eigenvalue weighted by molar-refractivity contribution is -0.337. The molecule has 2 unspecified atom stereocenters. The van der Waals surface area contributed by atoms with Gasteiger partial charge in [-0.15, -0.1) is 0 Å². The van der Waals surface area contributed by atoms with Crippen LogP contribution in [0.25, 0.3) is 0 Å². The third-order valence-corrected chi connectivity index (χ3v) is 5.49. The molecule has 3 rings (SSSR count). The van der Waals surface area contributed by atoms with Gasteiger partial charge in [0.25, 0.3) is 5.56 Å². The van der Waals surface area contributed by atoms with Crippen LogP contribution in [0.15, 0.2) is 15.8 Å². The van der Waals surface area contributed by atoms with Crippen LogP contribution in [0.5, 0.6) is 0 Å². The number of aliphatic hydroxyl groups excluding tert-OH is 2. The highest BCUT2D eigenvalue weighted by atomic mass is 19.1. The summed E-state index contributed by atoms with van der Waals surface area (Å²) in [6.45, 7) is 3.05. The monoisotopic (exact) mass is 386 g/mol. The summed E-state index contributed by atoms with van der Waals surface area (Å²) in [5.74, 6) is -0.612. The van der Waals surface area contributed by atoms with E-state index < -0.39 is 41.6 Å². The summed E-state index contributed by atoms with van der Waals surface area (Å²) in [6.07, 6.45) is -0.445. The number of nitrogens with one attached hydrogen (secondary N) is 1. The molecular formula is C18H27FN2O6. The standard InChI is InChI=1S/C18H27FN2O6/c1-10-8-21(17(25)20-16(10)24)15(19)13(23)14-12(22)9-26-18(2,27-14)7-11-5-3-4-6-11/h8,11-15,22-23H,3-7,9H2,1-2H3,(H,20,24,25)/t12?,13?,14-,15+,18+/m1/s1. The molecular weight excluding hydrogens is 359 g/mol. The third kappa shape index (κ3) is 4.31. The zero-order valence-corrected chi connectivity index (χ0v) is 15.6. The fraction of sp³-hybridized carbons (Fsp3) is 0.778. The maximum absolute atomic E-state index is 14.9. The molecule has 3 N–H and O–H groups in total. The number of alkyl halides is 1. The molecule has 0 bridgehead atoms. The number of H-pyrrole nitrogens is 1. The van der Waals surface area contributed by atoms with Crippen LogP contribution < -0.4 is 11.2 Å². The first-order chi connectivity index (χ1) is 12.7. The fourth-order valence-electron chi connectivity index (χ4n) is 3.99. The van der Waals surface area contributed by atoms with Crippen molar-refractivity contribution in [3.63, 3.8) is 0 Å². The van der Waals surface area contributed by atoms with Crippen LogP contribution in [-0.4, -0.2) is 50.5 Å². The van der Waals surface area contributed by atoms with Crippen LogP contribution in [0.2, 0.25) is 0 Å². The molecule has 1 aromatic rings. The van der Waals surface area contributed by atoms with Gasteiger partial charge in [-0.1, -0.05) is 25.7 Å². The van der Waals surface area contributed by atoms with Crippen LogP contribution in [0, 0.1) is 12.8 Å². The van der Waals surface area contributed by atoms with Crippen molar-refractivity contribution in [3.05, 3.63) is 32.6 Å². The molecule has 0 amide bonds. The second kappa shape index (κ2) is 7.83. The molecule has 2 fully saturated rings. The van der Waals surface area contributed by atoms with E-state index in [1.807, 2.05) is 4.98 Å². The van der Waals surface area contributed by atoms with Gasteiger partial charge in [0, 0.05) is 18.2 Å².